The van der Waals surface area contributed by atoms with Crippen molar-refractivity contribution in [2.75, 3.05) is 0 Å². The zero-order valence-electron chi connectivity index (χ0n) is 14.6. The Morgan fingerprint density at radius 1 is 0.700 bits per heavy atom. The van der Waals surface area contributed by atoms with Gasteiger partial charge in [-0.3, -0.25) is 0 Å². The molecule has 3 radical (unpaired) electrons. The molecule has 1 nitrogen and oxygen atoms in total. The first-order valence-corrected chi connectivity index (χ1v) is 7.73. The molecular weight excluding hydrogens is 260 g/mol. The molecule has 0 amide bonds. The van der Waals surface area contributed by atoms with E-state index in [1.165, 1.54) is 16.7 Å². The summed E-state index contributed by atoms with van der Waals surface area (Å²) in [7, 11) is 3.23. The molecule has 0 spiro atoms. The zero-order valence-corrected chi connectivity index (χ0v) is 15.6. The fourth-order valence-corrected chi connectivity index (χ4v) is 2.99. The summed E-state index contributed by atoms with van der Waals surface area (Å²) in [5.41, 5.74) is 4.34. The lowest BCUT2D eigenvalue weighted by atomic mass is 9.68. The minimum atomic E-state index is 0.0336. The van der Waals surface area contributed by atoms with E-state index in [2.05, 4.69) is 84.9 Å². The highest BCUT2D eigenvalue weighted by atomic mass is 28.2. The lowest BCUT2D eigenvalue weighted by molar-refractivity contribution is 0.477. The van der Waals surface area contributed by atoms with E-state index in [1.807, 2.05) is 0 Å². The van der Waals surface area contributed by atoms with E-state index in [1.54, 1.807) is 0 Å². The molecule has 0 unspecified atom stereocenters. The molecule has 111 valence electrons. The van der Waals surface area contributed by atoms with Gasteiger partial charge in [-0.1, -0.05) is 68.4 Å². The van der Waals surface area contributed by atoms with Crippen molar-refractivity contribution >= 4 is 10.5 Å². The fourth-order valence-electron chi connectivity index (χ4n) is 2.82. The maximum absolute atomic E-state index is 5.48. The monoisotopic (exact) mass is 289 g/mol. The average molecular weight is 290 g/mol. The molecule has 0 fully saturated rings. The fraction of sp³-hybridized carbons (Fsp3) is 0.667. The molecule has 0 bridgehead atoms. The van der Waals surface area contributed by atoms with Crippen LogP contribution in [0.2, 0.25) is 0 Å². The van der Waals surface area contributed by atoms with Crippen molar-refractivity contribution in [1.29, 1.82) is 0 Å². The molecule has 20 heavy (non-hydrogen) atoms. The van der Waals surface area contributed by atoms with Crippen LogP contribution in [0.5, 0.6) is 5.75 Å². The largest absolute Gasteiger partial charge is 0.540 e. The molecule has 0 atom stereocenters. The molecule has 2 heteroatoms. The molecule has 0 aliphatic rings. The summed E-state index contributed by atoms with van der Waals surface area (Å²) >= 11 is 0. The van der Waals surface area contributed by atoms with Crippen molar-refractivity contribution in [2.24, 2.45) is 0 Å². The third-order valence-corrected chi connectivity index (χ3v) is 3.80. The molecule has 0 N–H and O–H groups in total. The summed E-state index contributed by atoms with van der Waals surface area (Å²) in [5, 5.41) is 0. The van der Waals surface area contributed by atoms with E-state index in [0.717, 1.165) is 5.75 Å². The topological polar surface area (TPSA) is 9.23 Å². The Hall–Kier alpha value is -0.763. The Morgan fingerprint density at radius 3 is 1.45 bits per heavy atom. The van der Waals surface area contributed by atoms with Gasteiger partial charge in [-0.2, -0.15) is 0 Å². The van der Waals surface area contributed by atoms with Crippen LogP contribution in [0.15, 0.2) is 12.1 Å². The third kappa shape index (κ3) is 3.46. The maximum Gasteiger partial charge on any atom is 0.341 e. The second-order valence-electron chi connectivity index (χ2n) is 8.71. The van der Waals surface area contributed by atoms with Gasteiger partial charge in [0.1, 0.15) is 5.75 Å². The van der Waals surface area contributed by atoms with Gasteiger partial charge in [0, 0.05) is 5.56 Å². The van der Waals surface area contributed by atoms with E-state index in [-0.39, 0.29) is 16.2 Å². The van der Waals surface area contributed by atoms with Gasteiger partial charge >= 0.3 is 10.5 Å². The van der Waals surface area contributed by atoms with Gasteiger partial charge in [-0.15, -0.1) is 0 Å². The number of hydrogen-bond acceptors (Lipinski definition) is 1. The summed E-state index contributed by atoms with van der Waals surface area (Å²) in [6, 6.07) is 4.30. The normalized spacial score (nSPS) is 13.5. The maximum atomic E-state index is 5.48. The Morgan fingerprint density at radius 2 is 1.15 bits per heavy atom. The van der Waals surface area contributed by atoms with Crippen LogP contribution in [0.25, 0.3) is 0 Å². The number of benzene rings is 1. The van der Waals surface area contributed by atoms with Crippen molar-refractivity contribution in [3.05, 3.63) is 28.8 Å². The Kier molecular flexibility index (Phi) is 4.51. The van der Waals surface area contributed by atoms with Crippen LogP contribution in [0.1, 0.15) is 79.0 Å². The molecule has 0 heterocycles. The zero-order chi connectivity index (χ0) is 15.9. The van der Waals surface area contributed by atoms with E-state index >= 15 is 0 Å². The quantitative estimate of drug-likeness (QED) is 0.658. The summed E-state index contributed by atoms with van der Waals surface area (Å²) in [4.78, 5) is 0. The van der Waals surface area contributed by atoms with Gasteiger partial charge in [-0.05, 0) is 33.4 Å². The van der Waals surface area contributed by atoms with Crippen molar-refractivity contribution in [3.8, 4) is 5.75 Å². The van der Waals surface area contributed by atoms with Crippen LogP contribution in [0.4, 0.5) is 0 Å². The minimum Gasteiger partial charge on any atom is -0.540 e. The van der Waals surface area contributed by atoms with Crippen LogP contribution < -0.4 is 4.43 Å². The molecule has 0 saturated carbocycles. The second-order valence-corrected chi connectivity index (χ2v) is 8.92. The van der Waals surface area contributed by atoms with Crippen LogP contribution in [0.3, 0.4) is 0 Å². The summed E-state index contributed by atoms with van der Waals surface area (Å²) in [6.07, 6.45) is 0. The number of hydrogen-bond donors (Lipinski definition) is 0. The standard InChI is InChI=1S/C18H29OSi/c1-16(2,3)12-10-11-13(19-20)15(18(7,8)9)14(12)17(4,5)6/h10-11H,1-9H3. The summed E-state index contributed by atoms with van der Waals surface area (Å²) in [6.45, 7) is 20.4. The van der Waals surface area contributed by atoms with Gasteiger partial charge < -0.3 is 4.43 Å². The first kappa shape index (κ1) is 17.3. The van der Waals surface area contributed by atoms with Crippen LogP contribution in [-0.2, 0) is 16.2 Å². The predicted molar refractivity (Wildman–Crippen MR) is 88.9 cm³/mol. The van der Waals surface area contributed by atoms with Gasteiger partial charge in [0.15, 0.2) is 0 Å². The first-order valence-electron chi connectivity index (χ1n) is 7.32. The van der Waals surface area contributed by atoms with Gasteiger partial charge in [0.05, 0.1) is 0 Å². The van der Waals surface area contributed by atoms with Crippen molar-refractivity contribution in [2.45, 2.75) is 78.6 Å². The molecule has 0 saturated heterocycles. The lowest BCUT2D eigenvalue weighted by Gasteiger charge is -2.37. The van der Waals surface area contributed by atoms with Crippen LogP contribution in [-0.4, -0.2) is 10.5 Å². The summed E-state index contributed by atoms with van der Waals surface area (Å²) < 4.78 is 5.48. The van der Waals surface area contributed by atoms with Crippen molar-refractivity contribution < 1.29 is 4.43 Å². The average Bonchev–Trinajstić information content (AvgIpc) is 2.23. The van der Waals surface area contributed by atoms with E-state index in [0.29, 0.717) is 0 Å². The van der Waals surface area contributed by atoms with E-state index in [4.69, 9.17) is 4.43 Å². The molecule has 1 aromatic rings. The Balaban J connectivity index is 3.87. The van der Waals surface area contributed by atoms with Crippen LogP contribution in [0, 0.1) is 0 Å². The van der Waals surface area contributed by atoms with Crippen molar-refractivity contribution in [3.63, 3.8) is 0 Å². The first-order chi connectivity index (χ1) is 8.80. The molecule has 1 rings (SSSR count). The third-order valence-electron chi connectivity index (χ3n) is 3.59. The van der Waals surface area contributed by atoms with Gasteiger partial charge in [0.2, 0.25) is 0 Å². The van der Waals surface area contributed by atoms with Crippen LogP contribution >= 0.6 is 0 Å². The molecular formula is C18H29OSi. The van der Waals surface area contributed by atoms with E-state index in [9.17, 15) is 0 Å². The Bertz CT molecular complexity index is 482. The minimum absolute atomic E-state index is 0.0336. The highest BCUT2D eigenvalue weighted by Crippen LogP contribution is 2.44. The SMILES string of the molecule is CC(C)(C)c1ccc(O[Si])c(C(C)(C)C)c1C(C)(C)C. The van der Waals surface area contributed by atoms with E-state index < -0.39 is 0 Å². The molecule has 0 aromatic heterocycles. The highest BCUT2D eigenvalue weighted by molar-refractivity contribution is 6.00. The molecule has 0 aliphatic carbocycles. The lowest BCUT2D eigenvalue weighted by Crippen LogP contribution is -2.28. The smallest absolute Gasteiger partial charge is 0.341 e. The Labute approximate surface area is 128 Å². The predicted octanol–water partition coefficient (Wildman–Crippen LogP) is 5.04. The van der Waals surface area contributed by atoms with Gasteiger partial charge in [-0.25, -0.2) is 0 Å². The number of rotatable bonds is 1. The summed E-state index contributed by atoms with van der Waals surface area (Å²) in [5.74, 6) is 0.923. The molecule has 0 aliphatic heterocycles. The van der Waals surface area contributed by atoms with Gasteiger partial charge in [0.25, 0.3) is 0 Å². The van der Waals surface area contributed by atoms with Crippen molar-refractivity contribution in [1.82, 2.24) is 0 Å². The molecule has 1 aromatic carbocycles. The second kappa shape index (κ2) is 5.21. The highest BCUT2D eigenvalue weighted by Gasteiger charge is 2.33.